The van der Waals surface area contributed by atoms with E-state index < -0.39 is 10.0 Å². The van der Waals surface area contributed by atoms with Crippen molar-refractivity contribution in [1.29, 1.82) is 0 Å². The topological polar surface area (TPSA) is 53.5 Å². The Balaban J connectivity index is 2.64. The fourth-order valence-electron chi connectivity index (χ4n) is 1.24. The highest BCUT2D eigenvalue weighted by molar-refractivity contribution is 7.91. The van der Waals surface area contributed by atoms with Crippen LogP contribution in [0.3, 0.4) is 0 Å². The van der Waals surface area contributed by atoms with Crippen molar-refractivity contribution < 1.29 is 8.42 Å². The maximum atomic E-state index is 12.0. The maximum absolute atomic E-state index is 12.0. The average Bonchev–Trinajstić information content (AvgIpc) is 2.64. The van der Waals surface area contributed by atoms with Crippen LogP contribution in [-0.4, -0.2) is 56.8 Å². The molecule has 0 aromatic carbocycles. The number of hydrogen-bond acceptors (Lipinski definition) is 5. The summed E-state index contributed by atoms with van der Waals surface area (Å²) in [4.78, 5) is 5.76. The first-order chi connectivity index (χ1) is 7.84. The number of hydrogen-bond donors (Lipinski definition) is 0. The van der Waals surface area contributed by atoms with Gasteiger partial charge in [0.25, 0.3) is 10.0 Å². The van der Waals surface area contributed by atoms with Crippen molar-refractivity contribution >= 4 is 33.0 Å². The molecule has 0 spiro atoms. The first kappa shape index (κ1) is 14.8. The minimum Gasteiger partial charge on any atom is -0.309 e. The molecule has 0 fully saturated rings. The zero-order valence-corrected chi connectivity index (χ0v) is 12.4. The zero-order chi connectivity index (χ0) is 13.1. The molecule has 1 aromatic rings. The van der Waals surface area contributed by atoms with Gasteiger partial charge in [0.15, 0.2) is 8.68 Å². The van der Waals surface area contributed by atoms with Gasteiger partial charge in [-0.3, -0.25) is 0 Å². The third-order valence-corrected chi connectivity index (χ3v) is 5.61. The second-order valence-corrected chi connectivity index (χ2v) is 7.80. The number of aromatic nitrogens is 1. The Kier molecular flexibility index (Phi) is 5.33. The Hall–Kier alpha value is -0.210. The smallest absolute Gasteiger partial charge is 0.253 e. The summed E-state index contributed by atoms with van der Waals surface area (Å²) >= 11 is 6.61. The predicted octanol–water partition coefficient (Wildman–Crippen LogP) is 1.37. The predicted molar refractivity (Wildman–Crippen MR) is 70.1 cm³/mol. The Morgan fingerprint density at radius 1 is 1.35 bits per heavy atom. The van der Waals surface area contributed by atoms with E-state index in [4.69, 9.17) is 11.6 Å². The van der Waals surface area contributed by atoms with E-state index >= 15 is 0 Å². The van der Waals surface area contributed by atoms with Gasteiger partial charge in [-0.15, -0.1) is 0 Å². The van der Waals surface area contributed by atoms with Gasteiger partial charge in [-0.05, 0) is 27.1 Å². The van der Waals surface area contributed by atoms with E-state index in [1.54, 1.807) is 7.05 Å². The van der Waals surface area contributed by atoms with Crippen molar-refractivity contribution in [2.75, 3.05) is 34.2 Å². The van der Waals surface area contributed by atoms with Gasteiger partial charge in [-0.2, -0.15) is 0 Å². The van der Waals surface area contributed by atoms with Crippen molar-refractivity contribution in [3.05, 3.63) is 10.7 Å². The van der Waals surface area contributed by atoms with E-state index in [9.17, 15) is 8.42 Å². The first-order valence-electron chi connectivity index (χ1n) is 5.06. The summed E-state index contributed by atoms with van der Waals surface area (Å²) < 4.78 is 25.9. The monoisotopic (exact) mass is 297 g/mol. The molecule has 0 amide bonds. The van der Waals surface area contributed by atoms with Crippen molar-refractivity contribution in [3.63, 3.8) is 0 Å². The van der Waals surface area contributed by atoms with E-state index in [1.165, 1.54) is 10.5 Å². The summed E-state index contributed by atoms with van der Waals surface area (Å²) in [5.41, 5.74) is 0. The Labute approximate surface area is 111 Å². The highest BCUT2D eigenvalue weighted by atomic mass is 35.5. The minimum atomic E-state index is -3.43. The Bertz CT molecular complexity index is 459. The van der Waals surface area contributed by atoms with Crippen LogP contribution in [0.1, 0.15) is 6.42 Å². The standard InChI is InChI=1S/C9H16ClN3O2S2/c1-12(2)5-4-6-13(3)17(14,15)8-7-11-9(10)16-8/h7H,4-6H2,1-3H3. The molecule has 0 atom stereocenters. The largest absolute Gasteiger partial charge is 0.309 e. The van der Waals surface area contributed by atoms with Gasteiger partial charge in [0.1, 0.15) is 0 Å². The molecule has 98 valence electrons. The fraction of sp³-hybridized carbons (Fsp3) is 0.667. The molecule has 8 heteroatoms. The SMILES string of the molecule is CN(C)CCCN(C)S(=O)(=O)c1cnc(Cl)s1. The second kappa shape index (κ2) is 6.10. The van der Waals surface area contributed by atoms with Crippen molar-refractivity contribution in [2.24, 2.45) is 0 Å². The lowest BCUT2D eigenvalue weighted by Crippen LogP contribution is -2.29. The van der Waals surface area contributed by atoms with Crippen LogP contribution in [0.2, 0.25) is 4.47 Å². The van der Waals surface area contributed by atoms with E-state index in [1.807, 2.05) is 19.0 Å². The molecule has 17 heavy (non-hydrogen) atoms. The summed E-state index contributed by atoms with van der Waals surface area (Å²) in [6.07, 6.45) is 2.08. The van der Waals surface area contributed by atoms with E-state index in [0.717, 1.165) is 24.3 Å². The van der Waals surface area contributed by atoms with Gasteiger partial charge < -0.3 is 4.90 Å². The molecule has 0 radical (unpaired) electrons. The van der Waals surface area contributed by atoms with Crippen molar-refractivity contribution in [1.82, 2.24) is 14.2 Å². The van der Waals surface area contributed by atoms with Crippen molar-refractivity contribution in [2.45, 2.75) is 10.6 Å². The second-order valence-electron chi connectivity index (χ2n) is 3.92. The molecular weight excluding hydrogens is 282 g/mol. The highest BCUT2D eigenvalue weighted by Gasteiger charge is 2.22. The zero-order valence-electron chi connectivity index (χ0n) is 10.1. The molecule has 0 saturated carbocycles. The highest BCUT2D eigenvalue weighted by Crippen LogP contribution is 2.24. The van der Waals surface area contributed by atoms with Gasteiger partial charge >= 0.3 is 0 Å². The molecule has 0 aliphatic carbocycles. The summed E-state index contributed by atoms with van der Waals surface area (Å²) in [6, 6.07) is 0. The van der Waals surface area contributed by atoms with E-state index in [0.29, 0.717) is 6.54 Å². The van der Waals surface area contributed by atoms with Crippen LogP contribution >= 0.6 is 22.9 Å². The first-order valence-corrected chi connectivity index (χ1v) is 7.70. The molecule has 0 aliphatic heterocycles. The van der Waals surface area contributed by atoms with Crippen LogP contribution in [0.5, 0.6) is 0 Å². The molecule has 1 heterocycles. The van der Waals surface area contributed by atoms with Gasteiger partial charge in [0.05, 0.1) is 6.20 Å². The van der Waals surface area contributed by atoms with Crippen LogP contribution in [0.15, 0.2) is 10.4 Å². The number of thiazole rings is 1. The van der Waals surface area contributed by atoms with Gasteiger partial charge in [-0.25, -0.2) is 17.7 Å². The van der Waals surface area contributed by atoms with Crippen LogP contribution in [-0.2, 0) is 10.0 Å². The summed E-state index contributed by atoms with van der Waals surface area (Å²) in [5, 5.41) is 0. The molecule has 0 saturated heterocycles. The number of halogens is 1. The quantitative estimate of drug-likeness (QED) is 0.796. The molecule has 1 aromatic heterocycles. The van der Waals surface area contributed by atoms with Crippen LogP contribution in [0.4, 0.5) is 0 Å². The third-order valence-electron chi connectivity index (χ3n) is 2.20. The minimum absolute atomic E-state index is 0.190. The van der Waals surface area contributed by atoms with Crippen LogP contribution < -0.4 is 0 Å². The Morgan fingerprint density at radius 2 is 2.00 bits per heavy atom. The van der Waals surface area contributed by atoms with E-state index in [-0.39, 0.29) is 8.68 Å². The lowest BCUT2D eigenvalue weighted by atomic mass is 10.4. The molecule has 0 unspecified atom stereocenters. The molecule has 5 nitrogen and oxygen atoms in total. The summed E-state index contributed by atoms with van der Waals surface area (Å²) in [6.45, 7) is 1.33. The summed E-state index contributed by atoms with van der Waals surface area (Å²) in [7, 11) is 2.05. The summed E-state index contributed by atoms with van der Waals surface area (Å²) in [5.74, 6) is 0. The fourth-order valence-corrected chi connectivity index (χ4v) is 3.96. The normalized spacial score (nSPS) is 12.6. The van der Waals surface area contributed by atoms with Gasteiger partial charge in [0.2, 0.25) is 0 Å². The van der Waals surface area contributed by atoms with Gasteiger partial charge in [0, 0.05) is 13.6 Å². The number of rotatable bonds is 6. The lowest BCUT2D eigenvalue weighted by molar-refractivity contribution is 0.370. The third kappa shape index (κ3) is 4.18. The molecular formula is C9H16ClN3O2S2. The maximum Gasteiger partial charge on any atom is 0.253 e. The molecule has 0 N–H and O–H groups in total. The average molecular weight is 298 g/mol. The van der Waals surface area contributed by atoms with Crippen molar-refractivity contribution in [3.8, 4) is 0 Å². The Morgan fingerprint density at radius 3 is 2.47 bits per heavy atom. The molecule has 0 bridgehead atoms. The van der Waals surface area contributed by atoms with Crippen LogP contribution in [0, 0.1) is 0 Å². The molecule has 1 rings (SSSR count). The number of sulfonamides is 1. The van der Waals surface area contributed by atoms with Gasteiger partial charge in [-0.1, -0.05) is 22.9 Å². The molecule has 0 aliphatic rings. The number of nitrogens with zero attached hydrogens (tertiary/aromatic N) is 3. The lowest BCUT2D eigenvalue weighted by Gasteiger charge is -2.17. The van der Waals surface area contributed by atoms with E-state index in [2.05, 4.69) is 4.98 Å². The van der Waals surface area contributed by atoms with Crippen LogP contribution in [0.25, 0.3) is 0 Å².